The maximum absolute atomic E-state index is 12.4. The molecule has 1 heterocycles. The van der Waals surface area contributed by atoms with Crippen molar-refractivity contribution in [2.24, 2.45) is 5.73 Å². The maximum atomic E-state index is 12.4. The van der Waals surface area contributed by atoms with Crippen molar-refractivity contribution in [1.82, 2.24) is 4.31 Å². The molecule has 1 aliphatic heterocycles. The van der Waals surface area contributed by atoms with Gasteiger partial charge in [0.25, 0.3) is 0 Å². The predicted octanol–water partition coefficient (Wildman–Crippen LogP) is 0.757. The highest BCUT2D eigenvalue weighted by atomic mass is 32.2. The van der Waals surface area contributed by atoms with Gasteiger partial charge in [-0.25, -0.2) is 8.42 Å². The Labute approximate surface area is 119 Å². The molecule has 0 bridgehead atoms. The summed E-state index contributed by atoms with van der Waals surface area (Å²) in [7, 11) is -3.50. The van der Waals surface area contributed by atoms with Gasteiger partial charge in [0, 0.05) is 31.7 Å². The number of hydrogen-bond acceptors (Lipinski definition) is 4. The van der Waals surface area contributed by atoms with E-state index in [4.69, 9.17) is 5.73 Å². The van der Waals surface area contributed by atoms with Gasteiger partial charge in [-0.1, -0.05) is 0 Å². The van der Waals surface area contributed by atoms with E-state index in [1.54, 1.807) is 12.1 Å². The van der Waals surface area contributed by atoms with Gasteiger partial charge in [-0.15, -0.1) is 0 Å². The van der Waals surface area contributed by atoms with Gasteiger partial charge < -0.3 is 11.1 Å². The first kappa shape index (κ1) is 15.0. The summed E-state index contributed by atoms with van der Waals surface area (Å²) in [5.74, 6) is -0.192. The van der Waals surface area contributed by atoms with Crippen LogP contribution in [0.3, 0.4) is 0 Å². The van der Waals surface area contributed by atoms with Crippen molar-refractivity contribution >= 4 is 21.6 Å². The standard InChI is InChI=1S/C13H19N3O3S/c1-10(17)15-12-4-6-13(7-5-12)20(18,19)16-8-2-3-11(14)9-16/h4-7,11H,2-3,8-9,14H2,1H3,(H,15,17)/t11-/m1/s1. The number of carbonyl (C=O) groups is 1. The van der Waals surface area contributed by atoms with Crippen molar-refractivity contribution in [3.05, 3.63) is 24.3 Å². The molecule has 110 valence electrons. The Bertz CT molecular complexity index is 583. The van der Waals surface area contributed by atoms with E-state index in [1.165, 1.54) is 23.4 Å². The molecule has 0 spiro atoms. The normalized spacial score (nSPS) is 20.6. The maximum Gasteiger partial charge on any atom is 0.243 e. The Hall–Kier alpha value is -1.44. The number of nitrogens with one attached hydrogen (secondary N) is 1. The Kier molecular flexibility index (Phi) is 4.42. The molecule has 1 aromatic carbocycles. The van der Waals surface area contributed by atoms with E-state index >= 15 is 0 Å². The first-order valence-corrected chi connectivity index (χ1v) is 7.97. The minimum atomic E-state index is -3.50. The third kappa shape index (κ3) is 3.36. The lowest BCUT2D eigenvalue weighted by Crippen LogP contribution is -2.45. The molecule has 7 heteroatoms. The van der Waals surface area contributed by atoms with Crippen LogP contribution in [0.25, 0.3) is 0 Å². The number of sulfonamides is 1. The number of rotatable bonds is 3. The molecule has 1 fully saturated rings. The van der Waals surface area contributed by atoms with Crippen molar-refractivity contribution in [2.75, 3.05) is 18.4 Å². The molecule has 1 aromatic rings. The van der Waals surface area contributed by atoms with Gasteiger partial charge in [0.15, 0.2) is 0 Å². The fourth-order valence-electron chi connectivity index (χ4n) is 2.25. The van der Waals surface area contributed by atoms with Gasteiger partial charge >= 0.3 is 0 Å². The summed E-state index contributed by atoms with van der Waals surface area (Å²) in [6.45, 7) is 2.26. The number of amides is 1. The van der Waals surface area contributed by atoms with Crippen molar-refractivity contribution in [1.29, 1.82) is 0 Å². The monoisotopic (exact) mass is 297 g/mol. The molecule has 0 aromatic heterocycles. The van der Waals surface area contributed by atoms with Crippen LogP contribution in [0.15, 0.2) is 29.2 Å². The molecule has 3 N–H and O–H groups in total. The highest BCUT2D eigenvalue weighted by Crippen LogP contribution is 2.21. The van der Waals surface area contributed by atoms with Crippen molar-refractivity contribution < 1.29 is 13.2 Å². The summed E-state index contributed by atoms with van der Waals surface area (Å²) in [4.78, 5) is 11.1. The van der Waals surface area contributed by atoms with E-state index < -0.39 is 10.0 Å². The van der Waals surface area contributed by atoms with Gasteiger partial charge in [0.2, 0.25) is 15.9 Å². The Morgan fingerprint density at radius 1 is 1.35 bits per heavy atom. The van der Waals surface area contributed by atoms with Crippen LogP contribution in [-0.2, 0) is 14.8 Å². The Balaban J connectivity index is 2.19. The lowest BCUT2D eigenvalue weighted by atomic mass is 10.1. The highest BCUT2D eigenvalue weighted by Gasteiger charge is 2.28. The summed E-state index contributed by atoms with van der Waals surface area (Å²) in [6.07, 6.45) is 1.64. The molecule has 1 aliphatic rings. The van der Waals surface area contributed by atoms with Crippen LogP contribution in [0.5, 0.6) is 0 Å². The molecule has 0 unspecified atom stereocenters. The Morgan fingerprint density at radius 3 is 2.55 bits per heavy atom. The number of hydrogen-bond donors (Lipinski definition) is 2. The van der Waals surface area contributed by atoms with Crippen LogP contribution in [0.2, 0.25) is 0 Å². The van der Waals surface area contributed by atoms with Crippen LogP contribution in [-0.4, -0.2) is 37.8 Å². The van der Waals surface area contributed by atoms with Gasteiger partial charge in [0.1, 0.15) is 0 Å². The quantitative estimate of drug-likeness (QED) is 0.861. The minimum Gasteiger partial charge on any atom is -0.327 e. The summed E-state index contributed by atoms with van der Waals surface area (Å²) < 4.78 is 26.3. The molecule has 0 radical (unpaired) electrons. The lowest BCUT2D eigenvalue weighted by Gasteiger charge is -2.29. The average Bonchev–Trinajstić information content (AvgIpc) is 2.38. The van der Waals surface area contributed by atoms with Crippen LogP contribution < -0.4 is 11.1 Å². The fourth-order valence-corrected chi connectivity index (χ4v) is 3.79. The molecule has 1 saturated heterocycles. The number of benzene rings is 1. The number of piperidine rings is 1. The van der Waals surface area contributed by atoms with Crippen LogP contribution in [0, 0.1) is 0 Å². The van der Waals surface area contributed by atoms with E-state index in [9.17, 15) is 13.2 Å². The number of nitrogens with two attached hydrogens (primary N) is 1. The third-order valence-electron chi connectivity index (χ3n) is 3.23. The predicted molar refractivity (Wildman–Crippen MR) is 76.7 cm³/mol. The Morgan fingerprint density at radius 2 is 2.00 bits per heavy atom. The van der Waals surface area contributed by atoms with Gasteiger partial charge in [-0.05, 0) is 37.1 Å². The molecule has 1 amide bonds. The van der Waals surface area contributed by atoms with Crippen molar-refractivity contribution in [2.45, 2.75) is 30.7 Å². The van der Waals surface area contributed by atoms with Gasteiger partial charge in [-0.3, -0.25) is 4.79 Å². The zero-order valence-corrected chi connectivity index (χ0v) is 12.2. The van der Waals surface area contributed by atoms with Crippen LogP contribution in [0.1, 0.15) is 19.8 Å². The van der Waals surface area contributed by atoms with E-state index in [1.807, 2.05) is 0 Å². The smallest absolute Gasteiger partial charge is 0.243 e. The third-order valence-corrected chi connectivity index (χ3v) is 5.11. The summed E-state index contributed by atoms with van der Waals surface area (Å²) >= 11 is 0. The van der Waals surface area contributed by atoms with E-state index in [-0.39, 0.29) is 16.8 Å². The second-order valence-electron chi connectivity index (χ2n) is 4.97. The molecule has 6 nitrogen and oxygen atoms in total. The SMILES string of the molecule is CC(=O)Nc1ccc(S(=O)(=O)N2CCC[C@@H](N)C2)cc1. The van der Waals surface area contributed by atoms with Crippen molar-refractivity contribution in [3.8, 4) is 0 Å². The molecular formula is C13H19N3O3S. The van der Waals surface area contributed by atoms with E-state index in [0.29, 0.717) is 18.8 Å². The zero-order valence-electron chi connectivity index (χ0n) is 11.4. The fraction of sp³-hybridized carbons (Fsp3) is 0.462. The molecule has 2 rings (SSSR count). The van der Waals surface area contributed by atoms with Gasteiger partial charge in [0.05, 0.1) is 4.90 Å². The average molecular weight is 297 g/mol. The second kappa shape index (κ2) is 5.90. The molecular weight excluding hydrogens is 278 g/mol. The topological polar surface area (TPSA) is 92.5 Å². The number of nitrogens with zero attached hydrogens (tertiary/aromatic N) is 1. The lowest BCUT2D eigenvalue weighted by molar-refractivity contribution is -0.114. The molecule has 1 atom stereocenters. The van der Waals surface area contributed by atoms with Crippen LogP contribution in [0.4, 0.5) is 5.69 Å². The summed E-state index contributed by atoms with van der Waals surface area (Å²) in [5, 5.41) is 2.60. The van der Waals surface area contributed by atoms with E-state index in [2.05, 4.69) is 5.32 Å². The zero-order chi connectivity index (χ0) is 14.8. The van der Waals surface area contributed by atoms with E-state index in [0.717, 1.165) is 12.8 Å². The minimum absolute atomic E-state index is 0.0998. The van der Waals surface area contributed by atoms with Crippen molar-refractivity contribution in [3.63, 3.8) is 0 Å². The molecule has 0 aliphatic carbocycles. The largest absolute Gasteiger partial charge is 0.327 e. The summed E-state index contributed by atoms with van der Waals surface area (Å²) in [6, 6.07) is 6.06. The second-order valence-corrected chi connectivity index (χ2v) is 6.91. The molecule has 20 heavy (non-hydrogen) atoms. The molecule has 0 saturated carbocycles. The first-order valence-electron chi connectivity index (χ1n) is 6.53. The highest BCUT2D eigenvalue weighted by molar-refractivity contribution is 7.89. The summed E-state index contributed by atoms with van der Waals surface area (Å²) in [5.41, 5.74) is 6.40. The number of carbonyl (C=O) groups excluding carboxylic acids is 1. The first-order chi connectivity index (χ1) is 9.39. The van der Waals surface area contributed by atoms with Crippen LogP contribution >= 0.6 is 0 Å². The number of anilines is 1. The van der Waals surface area contributed by atoms with Gasteiger partial charge in [-0.2, -0.15) is 4.31 Å².